The Kier molecular flexibility index (Phi) is 4.90. The van der Waals surface area contributed by atoms with Crippen molar-refractivity contribution in [3.8, 4) is 0 Å². The third-order valence-electron chi connectivity index (χ3n) is 4.48. The van der Waals surface area contributed by atoms with E-state index in [1.54, 1.807) is 26.2 Å². The van der Waals surface area contributed by atoms with E-state index in [9.17, 15) is 14.0 Å². The van der Waals surface area contributed by atoms with Gasteiger partial charge in [0, 0.05) is 19.0 Å². The molecule has 1 aliphatic carbocycles. The number of benzene rings is 1. The number of thiophene rings is 1. The third kappa shape index (κ3) is 3.44. The highest BCUT2D eigenvalue weighted by molar-refractivity contribution is 7.17. The van der Waals surface area contributed by atoms with Gasteiger partial charge in [0.05, 0.1) is 11.1 Å². The molecule has 3 rings (SSSR count). The van der Waals surface area contributed by atoms with Crippen LogP contribution in [0.25, 0.3) is 0 Å². The van der Waals surface area contributed by atoms with Crippen LogP contribution in [-0.2, 0) is 12.8 Å². The van der Waals surface area contributed by atoms with Gasteiger partial charge in [-0.3, -0.25) is 9.59 Å². The van der Waals surface area contributed by atoms with Gasteiger partial charge in [-0.05, 0) is 42.9 Å². The van der Waals surface area contributed by atoms with Crippen LogP contribution in [0.1, 0.15) is 44.5 Å². The van der Waals surface area contributed by atoms with Crippen LogP contribution in [0.3, 0.4) is 0 Å². The first-order chi connectivity index (χ1) is 11.9. The smallest absolute Gasteiger partial charge is 0.259 e. The summed E-state index contributed by atoms with van der Waals surface area (Å²) in [4.78, 5) is 27.8. The largest absolute Gasteiger partial charge is 0.345 e. The van der Waals surface area contributed by atoms with Crippen LogP contribution in [0.15, 0.2) is 24.3 Å². The lowest BCUT2D eigenvalue weighted by molar-refractivity contribution is 0.0827. The van der Waals surface area contributed by atoms with Crippen molar-refractivity contribution < 1.29 is 14.0 Å². The number of rotatable bonds is 3. The summed E-state index contributed by atoms with van der Waals surface area (Å²) in [7, 11) is 3.39. The number of fused-ring (bicyclic) bond motifs is 1. The molecule has 1 N–H and O–H groups in total. The van der Waals surface area contributed by atoms with E-state index >= 15 is 0 Å². The lowest BCUT2D eigenvalue weighted by Gasteiger charge is -2.19. The minimum absolute atomic E-state index is 0.0227. The van der Waals surface area contributed by atoms with Gasteiger partial charge < -0.3 is 10.2 Å². The fraction of sp³-hybridized carbons (Fsp3) is 0.368. The van der Waals surface area contributed by atoms with Gasteiger partial charge in [-0.2, -0.15) is 0 Å². The number of nitrogens with zero attached hydrogens (tertiary/aromatic N) is 1. The molecule has 132 valence electrons. The number of anilines is 1. The van der Waals surface area contributed by atoms with Crippen molar-refractivity contribution in [3.63, 3.8) is 0 Å². The Morgan fingerprint density at radius 3 is 2.68 bits per heavy atom. The molecule has 1 atom stereocenters. The van der Waals surface area contributed by atoms with E-state index in [1.165, 1.54) is 28.4 Å². The van der Waals surface area contributed by atoms with E-state index in [-0.39, 0.29) is 11.5 Å². The Hall–Kier alpha value is -2.21. The maximum absolute atomic E-state index is 13.9. The van der Waals surface area contributed by atoms with Crippen molar-refractivity contribution in [2.75, 3.05) is 19.4 Å². The van der Waals surface area contributed by atoms with Gasteiger partial charge in [-0.25, -0.2) is 4.39 Å². The van der Waals surface area contributed by atoms with Crippen molar-refractivity contribution in [1.29, 1.82) is 0 Å². The number of nitrogens with one attached hydrogen (secondary N) is 1. The zero-order chi connectivity index (χ0) is 18.1. The molecule has 2 amide bonds. The predicted molar refractivity (Wildman–Crippen MR) is 97.9 cm³/mol. The van der Waals surface area contributed by atoms with Crippen LogP contribution < -0.4 is 5.32 Å². The van der Waals surface area contributed by atoms with Crippen LogP contribution in [0.4, 0.5) is 9.39 Å². The van der Waals surface area contributed by atoms with Crippen LogP contribution in [-0.4, -0.2) is 30.8 Å². The Labute approximate surface area is 150 Å². The molecule has 0 fully saturated rings. The molecule has 1 unspecified atom stereocenters. The molecule has 0 spiro atoms. The first-order valence-corrected chi connectivity index (χ1v) is 9.12. The normalized spacial score (nSPS) is 16.2. The molecule has 2 aromatic rings. The Morgan fingerprint density at radius 2 is 2.00 bits per heavy atom. The fourth-order valence-corrected chi connectivity index (χ4v) is 4.50. The quantitative estimate of drug-likeness (QED) is 0.900. The van der Waals surface area contributed by atoms with Gasteiger partial charge in [-0.15, -0.1) is 11.3 Å². The minimum atomic E-state index is -0.574. The predicted octanol–water partition coefficient (Wildman–Crippen LogP) is 3.97. The summed E-state index contributed by atoms with van der Waals surface area (Å²) < 4.78 is 13.9. The zero-order valence-electron chi connectivity index (χ0n) is 14.6. The highest BCUT2D eigenvalue weighted by atomic mass is 32.1. The highest BCUT2D eigenvalue weighted by Crippen LogP contribution is 2.40. The maximum atomic E-state index is 13.9. The van der Waals surface area contributed by atoms with E-state index in [0.717, 1.165) is 29.7 Å². The Balaban J connectivity index is 1.99. The lowest BCUT2D eigenvalue weighted by Crippen LogP contribution is -2.25. The number of hydrogen-bond acceptors (Lipinski definition) is 3. The van der Waals surface area contributed by atoms with Crippen molar-refractivity contribution in [3.05, 3.63) is 51.7 Å². The molecule has 1 aromatic carbocycles. The molecule has 4 nitrogen and oxygen atoms in total. The zero-order valence-corrected chi connectivity index (χ0v) is 15.4. The molecule has 1 aromatic heterocycles. The molecular weight excluding hydrogens is 339 g/mol. The first kappa shape index (κ1) is 17.6. The number of halogens is 1. The van der Waals surface area contributed by atoms with E-state index < -0.39 is 11.7 Å². The van der Waals surface area contributed by atoms with Gasteiger partial charge in [0.2, 0.25) is 0 Å². The van der Waals surface area contributed by atoms with Crippen molar-refractivity contribution in [2.45, 2.75) is 26.2 Å². The SMILES string of the molecule is CC1CCc2c(sc(NC(=O)c3ccccc3F)c2C(=O)N(C)C)C1. The number of hydrogen-bond donors (Lipinski definition) is 1. The van der Waals surface area contributed by atoms with Gasteiger partial charge in [0.25, 0.3) is 11.8 Å². The van der Waals surface area contributed by atoms with E-state index in [0.29, 0.717) is 16.5 Å². The van der Waals surface area contributed by atoms with Crippen molar-refractivity contribution >= 4 is 28.2 Å². The van der Waals surface area contributed by atoms with E-state index in [1.807, 2.05) is 0 Å². The standard InChI is InChI=1S/C19H21FN2O2S/c1-11-8-9-13-15(10-11)25-18(16(13)19(24)22(2)3)21-17(23)12-6-4-5-7-14(12)20/h4-7,11H,8-10H2,1-3H3,(H,21,23). The second-order valence-corrected chi connectivity index (χ2v) is 7.79. The molecular formula is C19H21FN2O2S. The monoisotopic (exact) mass is 360 g/mol. The lowest BCUT2D eigenvalue weighted by atomic mass is 9.88. The van der Waals surface area contributed by atoms with Gasteiger partial charge in [0.15, 0.2) is 0 Å². The molecule has 6 heteroatoms. The van der Waals surface area contributed by atoms with Crippen molar-refractivity contribution in [1.82, 2.24) is 4.90 Å². The summed E-state index contributed by atoms with van der Waals surface area (Å²) in [5, 5.41) is 3.29. The Morgan fingerprint density at radius 1 is 1.28 bits per heavy atom. The summed E-state index contributed by atoms with van der Waals surface area (Å²) in [6.45, 7) is 2.19. The average Bonchev–Trinajstić information content (AvgIpc) is 2.90. The van der Waals surface area contributed by atoms with Crippen LogP contribution in [0.5, 0.6) is 0 Å². The van der Waals surface area contributed by atoms with Gasteiger partial charge in [0.1, 0.15) is 10.8 Å². The summed E-state index contributed by atoms with van der Waals surface area (Å²) in [6, 6.07) is 5.85. The molecule has 0 saturated heterocycles. The first-order valence-electron chi connectivity index (χ1n) is 8.30. The Bertz CT molecular complexity index is 829. The van der Waals surface area contributed by atoms with Crippen LogP contribution in [0, 0.1) is 11.7 Å². The molecule has 0 aliphatic heterocycles. The summed E-state index contributed by atoms with van der Waals surface area (Å²) in [5.74, 6) is -0.674. The molecule has 25 heavy (non-hydrogen) atoms. The summed E-state index contributed by atoms with van der Waals surface area (Å²) >= 11 is 1.44. The maximum Gasteiger partial charge on any atom is 0.259 e. The molecule has 0 radical (unpaired) electrons. The van der Waals surface area contributed by atoms with Gasteiger partial charge in [-0.1, -0.05) is 19.1 Å². The average molecular weight is 360 g/mol. The summed E-state index contributed by atoms with van der Waals surface area (Å²) in [6.07, 6.45) is 2.76. The molecule has 1 heterocycles. The molecule has 1 aliphatic rings. The van der Waals surface area contributed by atoms with Crippen LogP contribution >= 0.6 is 11.3 Å². The second kappa shape index (κ2) is 6.96. The molecule has 0 bridgehead atoms. The number of amides is 2. The number of carbonyl (C=O) groups excluding carboxylic acids is 2. The molecule has 0 saturated carbocycles. The van der Waals surface area contributed by atoms with Gasteiger partial charge >= 0.3 is 0 Å². The summed E-state index contributed by atoms with van der Waals surface area (Å²) in [5.41, 5.74) is 1.57. The second-order valence-electron chi connectivity index (χ2n) is 6.69. The minimum Gasteiger partial charge on any atom is -0.345 e. The highest BCUT2D eigenvalue weighted by Gasteiger charge is 2.29. The van der Waals surface area contributed by atoms with E-state index in [4.69, 9.17) is 0 Å². The topological polar surface area (TPSA) is 49.4 Å². The van der Waals surface area contributed by atoms with Crippen molar-refractivity contribution in [2.24, 2.45) is 5.92 Å². The fourth-order valence-electron chi connectivity index (χ4n) is 3.10. The number of carbonyl (C=O) groups is 2. The third-order valence-corrected chi connectivity index (χ3v) is 5.65. The van der Waals surface area contributed by atoms with E-state index in [2.05, 4.69) is 12.2 Å². The van der Waals surface area contributed by atoms with Crippen LogP contribution in [0.2, 0.25) is 0 Å².